The number of nitrogens with one attached hydrogen (secondary N) is 1. The summed E-state index contributed by atoms with van der Waals surface area (Å²) in [6, 6.07) is 2.96. The fraction of sp³-hybridized carbons (Fsp3) is 0.545. The maximum absolute atomic E-state index is 12.0. The zero-order valence-electron chi connectivity index (χ0n) is 10.7. The first-order valence-corrected chi connectivity index (χ1v) is 5.57. The van der Waals surface area contributed by atoms with Crippen molar-refractivity contribution < 1.29 is 17.9 Å². The van der Waals surface area contributed by atoms with E-state index in [0.29, 0.717) is 5.56 Å². The summed E-state index contributed by atoms with van der Waals surface area (Å²) >= 11 is 0. The maximum atomic E-state index is 12.0. The van der Waals surface area contributed by atoms with Crippen molar-refractivity contribution in [2.45, 2.75) is 12.2 Å². The molecule has 1 atom stereocenters. The van der Waals surface area contributed by atoms with E-state index in [1.165, 1.54) is 0 Å². The monoisotopic (exact) mass is 278 g/mol. The van der Waals surface area contributed by atoms with Crippen LogP contribution in [0.15, 0.2) is 18.3 Å². The molecule has 0 spiro atoms. The van der Waals surface area contributed by atoms with Crippen LogP contribution in [0.3, 0.4) is 0 Å². The first kappa shape index (κ1) is 15.7. The summed E-state index contributed by atoms with van der Waals surface area (Å²) in [5.74, 6) is 6.05. The lowest BCUT2D eigenvalue weighted by Gasteiger charge is -2.18. The molecule has 19 heavy (non-hydrogen) atoms. The fourth-order valence-corrected chi connectivity index (χ4v) is 1.40. The SMILES string of the molecule is CN(C)c1ccc(C(COCC(F)(F)F)NN)cn1. The molecule has 0 aliphatic carbocycles. The van der Waals surface area contributed by atoms with E-state index >= 15 is 0 Å². The lowest BCUT2D eigenvalue weighted by molar-refractivity contribution is -0.175. The number of hydrogen-bond donors (Lipinski definition) is 2. The zero-order valence-corrected chi connectivity index (χ0v) is 10.7. The maximum Gasteiger partial charge on any atom is 0.411 e. The molecule has 0 saturated carbocycles. The van der Waals surface area contributed by atoms with Gasteiger partial charge >= 0.3 is 6.18 Å². The van der Waals surface area contributed by atoms with Gasteiger partial charge in [0, 0.05) is 20.3 Å². The molecule has 1 unspecified atom stereocenters. The van der Waals surface area contributed by atoms with E-state index in [9.17, 15) is 13.2 Å². The molecule has 1 aromatic rings. The summed E-state index contributed by atoms with van der Waals surface area (Å²) in [7, 11) is 3.68. The molecule has 0 aliphatic rings. The van der Waals surface area contributed by atoms with Gasteiger partial charge < -0.3 is 9.64 Å². The minimum Gasteiger partial charge on any atom is -0.370 e. The minimum atomic E-state index is -4.34. The third-order valence-corrected chi connectivity index (χ3v) is 2.38. The molecule has 3 N–H and O–H groups in total. The average molecular weight is 278 g/mol. The fourth-order valence-electron chi connectivity index (χ4n) is 1.40. The summed E-state index contributed by atoms with van der Waals surface area (Å²) in [5.41, 5.74) is 3.07. The van der Waals surface area contributed by atoms with Crippen LogP contribution in [-0.2, 0) is 4.74 Å². The third kappa shape index (κ3) is 5.41. The van der Waals surface area contributed by atoms with Crippen LogP contribution in [0.2, 0.25) is 0 Å². The molecule has 108 valence electrons. The second kappa shape index (κ2) is 6.69. The van der Waals surface area contributed by atoms with Crippen LogP contribution in [0.25, 0.3) is 0 Å². The quantitative estimate of drug-likeness (QED) is 0.605. The van der Waals surface area contributed by atoms with Crippen LogP contribution in [-0.4, -0.2) is 38.5 Å². The number of anilines is 1. The molecule has 1 rings (SSSR count). The van der Waals surface area contributed by atoms with Crippen LogP contribution in [0.5, 0.6) is 0 Å². The number of ether oxygens (including phenoxy) is 1. The smallest absolute Gasteiger partial charge is 0.370 e. The van der Waals surface area contributed by atoms with Crippen LogP contribution < -0.4 is 16.2 Å². The third-order valence-electron chi connectivity index (χ3n) is 2.38. The van der Waals surface area contributed by atoms with Crippen molar-refractivity contribution in [3.05, 3.63) is 23.9 Å². The Balaban J connectivity index is 2.59. The lowest BCUT2D eigenvalue weighted by atomic mass is 10.1. The number of hydrogen-bond acceptors (Lipinski definition) is 5. The van der Waals surface area contributed by atoms with E-state index in [1.807, 2.05) is 19.0 Å². The van der Waals surface area contributed by atoms with Gasteiger partial charge in [0.2, 0.25) is 0 Å². The highest BCUT2D eigenvalue weighted by Crippen LogP contribution is 2.18. The lowest BCUT2D eigenvalue weighted by Crippen LogP contribution is -2.32. The van der Waals surface area contributed by atoms with Gasteiger partial charge in [-0.2, -0.15) is 13.2 Å². The number of nitrogens with zero attached hydrogens (tertiary/aromatic N) is 2. The molecule has 0 amide bonds. The number of pyridine rings is 1. The van der Waals surface area contributed by atoms with Crippen molar-refractivity contribution in [3.63, 3.8) is 0 Å². The van der Waals surface area contributed by atoms with Crippen LogP contribution in [0.1, 0.15) is 11.6 Å². The van der Waals surface area contributed by atoms with E-state index < -0.39 is 18.8 Å². The average Bonchev–Trinajstić information content (AvgIpc) is 2.33. The highest BCUT2D eigenvalue weighted by Gasteiger charge is 2.28. The van der Waals surface area contributed by atoms with Crippen LogP contribution in [0, 0.1) is 0 Å². The molecule has 0 saturated heterocycles. The summed E-state index contributed by atoms with van der Waals surface area (Å²) in [4.78, 5) is 5.97. The van der Waals surface area contributed by atoms with Gasteiger partial charge in [0.15, 0.2) is 0 Å². The van der Waals surface area contributed by atoms with E-state index in [0.717, 1.165) is 5.82 Å². The molecule has 0 fully saturated rings. The van der Waals surface area contributed by atoms with Gasteiger partial charge in [0.05, 0.1) is 12.6 Å². The summed E-state index contributed by atoms with van der Waals surface area (Å²) in [6.45, 7) is -1.48. The molecule has 0 aromatic carbocycles. The first-order valence-electron chi connectivity index (χ1n) is 5.57. The van der Waals surface area contributed by atoms with Gasteiger partial charge in [-0.1, -0.05) is 6.07 Å². The van der Waals surface area contributed by atoms with E-state index in [4.69, 9.17) is 5.84 Å². The number of hydrazine groups is 1. The molecule has 1 aromatic heterocycles. The van der Waals surface area contributed by atoms with Gasteiger partial charge in [0.25, 0.3) is 0 Å². The molecular weight excluding hydrogens is 261 g/mol. The van der Waals surface area contributed by atoms with E-state index in [1.54, 1.807) is 18.3 Å². The Kier molecular flexibility index (Phi) is 5.52. The standard InChI is InChI=1S/C11H17F3N4O/c1-18(2)10-4-3-8(5-16-10)9(17-15)6-19-7-11(12,13)14/h3-5,9,17H,6-7,15H2,1-2H3. The van der Waals surface area contributed by atoms with Gasteiger partial charge in [-0.05, 0) is 11.6 Å². The number of nitrogens with two attached hydrogens (primary N) is 1. The number of aromatic nitrogens is 1. The Morgan fingerprint density at radius 1 is 1.42 bits per heavy atom. The normalized spacial score (nSPS) is 13.4. The van der Waals surface area contributed by atoms with E-state index in [2.05, 4.69) is 15.1 Å². The summed E-state index contributed by atoms with van der Waals surface area (Å²) < 4.78 is 40.5. The van der Waals surface area contributed by atoms with Gasteiger partial charge in [-0.3, -0.25) is 11.3 Å². The topological polar surface area (TPSA) is 63.4 Å². The van der Waals surface area contributed by atoms with Gasteiger partial charge in [-0.25, -0.2) is 4.98 Å². The Hall–Kier alpha value is -1.38. The van der Waals surface area contributed by atoms with Crippen molar-refractivity contribution in [1.29, 1.82) is 0 Å². The highest BCUT2D eigenvalue weighted by atomic mass is 19.4. The van der Waals surface area contributed by atoms with Crippen LogP contribution in [0.4, 0.5) is 19.0 Å². The Morgan fingerprint density at radius 2 is 2.11 bits per heavy atom. The van der Waals surface area contributed by atoms with Crippen molar-refractivity contribution >= 4 is 5.82 Å². The number of alkyl halides is 3. The molecule has 0 aliphatic heterocycles. The molecule has 1 heterocycles. The molecule has 8 heteroatoms. The molecule has 5 nitrogen and oxygen atoms in total. The predicted octanol–water partition coefficient (Wildman–Crippen LogP) is 1.23. The Labute approximate surface area is 109 Å². The largest absolute Gasteiger partial charge is 0.411 e. The highest BCUT2D eigenvalue weighted by molar-refractivity contribution is 5.37. The van der Waals surface area contributed by atoms with Gasteiger partial charge in [0.1, 0.15) is 12.4 Å². The zero-order chi connectivity index (χ0) is 14.5. The van der Waals surface area contributed by atoms with Crippen molar-refractivity contribution in [1.82, 2.24) is 10.4 Å². The predicted molar refractivity (Wildman–Crippen MR) is 65.5 cm³/mol. The molecule has 0 bridgehead atoms. The molecule has 0 radical (unpaired) electrons. The summed E-state index contributed by atoms with van der Waals surface area (Å²) in [5, 5.41) is 0. The van der Waals surface area contributed by atoms with Crippen molar-refractivity contribution in [3.8, 4) is 0 Å². The number of halogens is 3. The molecular formula is C11H17F3N4O. The van der Waals surface area contributed by atoms with E-state index in [-0.39, 0.29) is 6.61 Å². The van der Waals surface area contributed by atoms with Crippen molar-refractivity contribution in [2.24, 2.45) is 5.84 Å². The second-order valence-corrected chi connectivity index (χ2v) is 4.19. The number of rotatable bonds is 6. The summed E-state index contributed by atoms with van der Waals surface area (Å²) in [6.07, 6.45) is -2.79. The Bertz CT molecular complexity index is 381. The van der Waals surface area contributed by atoms with Crippen LogP contribution >= 0.6 is 0 Å². The first-order chi connectivity index (χ1) is 8.83. The minimum absolute atomic E-state index is 0.182. The second-order valence-electron chi connectivity index (χ2n) is 4.19. The van der Waals surface area contributed by atoms with Gasteiger partial charge in [-0.15, -0.1) is 0 Å². The van der Waals surface area contributed by atoms with Crippen molar-refractivity contribution in [2.75, 3.05) is 32.2 Å². The Morgan fingerprint density at radius 3 is 2.53 bits per heavy atom.